The number of hydrogen-bond acceptors (Lipinski definition) is 2. The van der Waals surface area contributed by atoms with E-state index in [0.29, 0.717) is 6.42 Å². The lowest BCUT2D eigenvalue weighted by atomic mass is 9.86. The van der Waals surface area contributed by atoms with Crippen LogP contribution in [0.25, 0.3) is 0 Å². The summed E-state index contributed by atoms with van der Waals surface area (Å²) >= 11 is 5.15. The van der Waals surface area contributed by atoms with Crippen LogP contribution in [0.1, 0.15) is 47.8 Å². The van der Waals surface area contributed by atoms with Gasteiger partial charge in [-0.1, -0.05) is 45.0 Å². The van der Waals surface area contributed by atoms with Crippen molar-refractivity contribution >= 4 is 27.3 Å². The molecule has 0 aliphatic heterocycles. The topological polar surface area (TPSA) is 20.2 Å². The van der Waals surface area contributed by atoms with Crippen molar-refractivity contribution < 1.29 is 5.11 Å². The number of aryl methyl sites for hydroxylation is 1. The molecule has 108 valence electrons. The molecule has 1 aromatic heterocycles. The average molecular weight is 353 g/mol. The molecule has 0 spiro atoms. The normalized spacial score (nSPS) is 13.5. The average Bonchev–Trinajstić information content (AvgIpc) is 2.69. The van der Waals surface area contributed by atoms with Gasteiger partial charge in [0.2, 0.25) is 0 Å². The van der Waals surface area contributed by atoms with E-state index in [4.69, 9.17) is 0 Å². The minimum atomic E-state index is -0.425. The van der Waals surface area contributed by atoms with Gasteiger partial charge in [-0.25, -0.2) is 0 Å². The van der Waals surface area contributed by atoms with E-state index in [1.165, 1.54) is 16.0 Å². The van der Waals surface area contributed by atoms with Gasteiger partial charge in [0.1, 0.15) is 0 Å². The second kappa shape index (κ2) is 6.00. The zero-order valence-corrected chi connectivity index (χ0v) is 14.8. The SMILES string of the molecule is Cc1sc(C(O)Cc2ccc(C(C)(C)C)cc2)cc1Br. The summed E-state index contributed by atoms with van der Waals surface area (Å²) in [5.41, 5.74) is 2.67. The molecule has 0 saturated heterocycles. The molecule has 1 unspecified atom stereocenters. The van der Waals surface area contributed by atoms with Crippen LogP contribution in [-0.4, -0.2) is 5.11 Å². The zero-order valence-electron chi connectivity index (χ0n) is 12.4. The van der Waals surface area contributed by atoms with Crippen LogP contribution in [0.4, 0.5) is 0 Å². The zero-order chi connectivity index (χ0) is 14.9. The van der Waals surface area contributed by atoms with Crippen molar-refractivity contribution in [2.24, 2.45) is 0 Å². The third-order valence-corrected chi connectivity index (χ3v) is 5.69. The molecule has 0 aliphatic carbocycles. The maximum absolute atomic E-state index is 10.3. The Hall–Kier alpha value is -0.640. The summed E-state index contributed by atoms with van der Waals surface area (Å²) in [6.07, 6.45) is 0.238. The number of halogens is 1. The number of rotatable bonds is 3. The molecule has 1 nitrogen and oxygen atoms in total. The summed E-state index contributed by atoms with van der Waals surface area (Å²) in [6, 6.07) is 10.6. The van der Waals surface area contributed by atoms with E-state index in [9.17, 15) is 5.11 Å². The highest BCUT2D eigenvalue weighted by atomic mass is 79.9. The summed E-state index contributed by atoms with van der Waals surface area (Å²) in [6.45, 7) is 8.69. The lowest BCUT2D eigenvalue weighted by Gasteiger charge is -2.19. The van der Waals surface area contributed by atoms with Crippen LogP contribution in [0.5, 0.6) is 0 Å². The Kier molecular flexibility index (Phi) is 4.73. The van der Waals surface area contributed by atoms with Gasteiger partial charge in [-0.2, -0.15) is 0 Å². The van der Waals surface area contributed by atoms with Crippen LogP contribution in [0.15, 0.2) is 34.8 Å². The molecule has 0 saturated carbocycles. The first-order chi connectivity index (χ1) is 9.27. The van der Waals surface area contributed by atoms with Crippen LogP contribution < -0.4 is 0 Å². The van der Waals surface area contributed by atoms with Gasteiger partial charge in [0.05, 0.1) is 6.10 Å². The Morgan fingerprint density at radius 1 is 1.20 bits per heavy atom. The number of aliphatic hydroxyl groups excluding tert-OH is 1. The van der Waals surface area contributed by atoms with Crippen LogP contribution in [0, 0.1) is 6.92 Å². The molecule has 1 aromatic carbocycles. The number of benzene rings is 1. The van der Waals surface area contributed by atoms with E-state index in [2.05, 4.69) is 67.9 Å². The largest absolute Gasteiger partial charge is 0.387 e. The summed E-state index contributed by atoms with van der Waals surface area (Å²) in [7, 11) is 0. The fraction of sp³-hybridized carbons (Fsp3) is 0.412. The second-order valence-electron chi connectivity index (χ2n) is 6.22. The first-order valence-corrected chi connectivity index (χ1v) is 8.41. The molecular weight excluding hydrogens is 332 g/mol. The quantitative estimate of drug-likeness (QED) is 0.784. The molecule has 0 amide bonds. The number of hydrogen-bond donors (Lipinski definition) is 1. The molecule has 0 bridgehead atoms. The maximum atomic E-state index is 10.3. The Morgan fingerprint density at radius 2 is 1.80 bits per heavy atom. The van der Waals surface area contributed by atoms with Crippen LogP contribution in [0.2, 0.25) is 0 Å². The van der Waals surface area contributed by atoms with Gasteiger partial charge in [-0.05, 0) is 45.5 Å². The maximum Gasteiger partial charge on any atom is 0.0922 e. The molecule has 1 atom stereocenters. The summed E-state index contributed by atoms with van der Waals surface area (Å²) in [5.74, 6) is 0. The van der Waals surface area contributed by atoms with E-state index in [-0.39, 0.29) is 5.41 Å². The Bertz CT molecular complexity index is 559. The molecule has 0 fully saturated rings. The number of thiophene rings is 1. The van der Waals surface area contributed by atoms with Crippen LogP contribution in [-0.2, 0) is 11.8 Å². The van der Waals surface area contributed by atoms with Gasteiger partial charge in [0.25, 0.3) is 0 Å². The van der Waals surface area contributed by atoms with E-state index >= 15 is 0 Å². The minimum Gasteiger partial charge on any atom is -0.387 e. The van der Waals surface area contributed by atoms with Crippen molar-refractivity contribution in [1.82, 2.24) is 0 Å². The van der Waals surface area contributed by atoms with Gasteiger partial charge in [0, 0.05) is 20.6 Å². The van der Waals surface area contributed by atoms with E-state index in [0.717, 1.165) is 9.35 Å². The standard InChI is InChI=1S/C17H21BrOS/c1-11-14(18)10-16(20-11)15(19)9-12-5-7-13(8-6-12)17(2,3)4/h5-8,10,15,19H,9H2,1-4H3. The Labute approximate surface area is 133 Å². The van der Waals surface area contributed by atoms with Crippen molar-refractivity contribution in [3.05, 3.63) is 55.7 Å². The van der Waals surface area contributed by atoms with Gasteiger partial charge in [-0.15, -0.1) is 11.3 Å². The predicted octanol–water partition coefficient (Wildman–Crippen LogP) is 5.39. The van der Waals surface area contributed by atoms with Gasteiger partial charge >= 0.3 is 0 Å². The van der Waals surface area contributed by atoms with Gasteiger partial charge in [0.15, 0.2) is 0 Å². The fourth-order valence-electron chi connectivity index (χ4n) is 2.11. The monoisotopic (exact) mass is 352 g/mol. The molecule has 3 heteroatoms. The first kappa shape index (κ1) is 15.7. The molecule has 1 N–H and O–H groups in total. The van der Waals surface area contributed by atoms with Crippen molar-refractivity contribution in [2.75, 3.05) is 0 Å². The van der Waals surface area contributed by atoms with E-state index in [1.54, 1.807) is 11.3 Å². The van der Waals surface area contributed by atoms with E-state index < -0.39 is 6.10 Å². The highest BCUT2D eigenvalue weighted by Crippen LogP contribution is 2.32. The van der Waals surface area contributed by atoms with Gasteiger partial charge in [-0.3, -0.25) is 0 Å². The Balaban J connectivity index is 2.10. The molecule has 20 heavy (non-hydrogen) atoms. The number of aliphatic hydroxyl groups is 1. The lowest BCUT2D eigenvalue weighted by molar-refractivity contribution is 0.182. The molecule has 0 aliphatic rings. The molecule has 2 aromatic rings. The smallest absolute Gasteiger partial charge is 0.0922 e. The molecule has 0 radical (unpaired) electrons. The van der Waals surface area contributed by atoms with E-state index in [1.807, 2.05) is 6.07 Å². The highest BCUT2D eigenvalue weighted by Gasteiger charge is 2.15. The fourth-order valence-corrected chi connectivity index (χ4v) is 3.66. The van der Waals surface area contributed by atoms with Crippen molar-refractivity contribution in [2.45, 2.75) is 45.6 Å². The lowest BCUT2D eigenvalue weighted by Crippen LogP contribution is -2.11. The third kappa shape index (κ3) is 3.72. The highest BCUT2D eigenvalue weighted by molar-refractivity contribution is 9.10. The summed E-state index contributed by atoms with van der Waals surface area (Å²) < 4.78 is 1.08. The summed E-state index contributed by atoms with van der Waals surface area (Å²) in [5, 5.41) is 10.3. The molecule has 2 rings (SSSR count). The van der Waals surface area contributed by atoms with Crippen LogP contribution in [0.3, 0.4) is 0 Å². The predicted molar refractivity (Wildman–Crippen MR) is 90.6 cm³/mol. The van der Waals surface area contributed by atoms with Crippen LogP contribution >= 0.6 is 27.3 Å². The van der Waals surface area contributed by atoms with Crippen molar-refractivity contribution in [3.8, 4) is 0 Å². The van der Waals surface area contributed by atoms with Crippen molar-refractivity contribution in [1.29, 1.82) is 0 Å². The minimum absolute atomic E-state index is 0.173. The molecule has 1 heterocycles. The Morgan fingerprint density at radius 3 is 2.25 bits per heavy atom. The third-order valence-electron chi connectivity index (χ3n) is 3.45. The summed E-state index contributed by atoms with van der Waals surface area (Å²) in [4.78, 5) is 2.23. The van der Waals surface area contributed by atoms with Crippen molar-refractivity contribution in [3.63, 3.8) is 0 Å². The molecular formula is C17H21BrOS. The van der Waals surface area contributed by atoms with Gasteiger partial charge < -0.3 is 5.11 Å². The first-order valence-electron chi connectivity index (χ1n) is 6.80. The second-order valence-corrected chi connectivity index (χ2v) is 8.36.